The summed E-state index contributed by atoms with van der Waals surface area (Å²) in [5.41, 5.74) is 4.30. The van der Waals surface area contributed by atoms with Gasteiger partial charge in [-0.15, -0.1) is 10.2 Å². The molecular weight excluding hydrogens is 276 g/mol. The van der Waals surface area contributed by atoms with E-state index in [1.807, 2.05) is 24.3 Å². The molecule has 0 atom stereocenters. The van der Waals surface area contributed by atoms with Gasteiger partial charge in [0, 0.05) is 5.39 Å². The lowest BCUT2D eigenvalue weighted by Gasteiger charge is -2.08. The summed E-state index contributed by atoms with van der Waals surface area (Å²) >= 11 is 1.24. The summed E-state index contributed by atoms with van der Waals surface area (Å²) in [5.74, 6) is 5.55. The first-order valence-electron chi connectivity index (χ1n) is 5.72. The van der Waals surface area contributed by atoms with E-state index in [4.69, 9.17) is 5.84 Å². The Hall–Kier alpha value is -2.58. The van der Waals surface area contributed by atoms with Crippen molar-refractivity contribution in [3.8, 4) is 0 Å². The molecule has 4 N–H and O–H groups in total. The number of fused-ring (bicyclic) bond motifs is 1. The van der Waals surface area contributed by atoms with Gasteiger partial charge in [-0.3, -0.25) is 10.1 Å². The van der Waals surface area contributed by atoms with Crippen LogP contribution >= 0.6 is 11.3 Å². The van der Waals surface area contributed by atoms with Crippen LogP contribution in [-0.4, -0.2) is 21.1 Å². The normalized spacial score (nSPS) is 10.4. The van der Waals surface area contributed by atoms with E-state index in [1.165, 1.54) is 16.8 Å². The van der Waals surface area contributed by atoms with Crippen molar-refractivity contribution in [2.75, 3.05) is 10.7 Å². The van der Waals surface area contributed by atoms with Gasteiger partial charge in [0.2, 0.25) is 5.13 Å². The number of hydrazine groups is 1. The zero-order valence-electron chi connectivity index (χ0n) is 10.2. The van der Waals surface area contributed by atoms with E-state index in [2.05, 4.69) is 25.9 Å². The van der Waals surface area contributed by atoms with Crippen molar-refractivity contribution in [1.29, 1.82) is 0 Å². The highest BCUT2D eigenvalue weighted by Gasteiger charge is 2.13. The van der Waals surface area contributed by atoms with Crippen molar-refractivity contribution in [2.24, 2.45) is 5.84 Å². The van der Waals surface area contributed by atoms with Gasteiger partial charge in [0.25, 0.3) is 5.91 Å². The predicted octanol–water partition coefficient (Wildman–Crippen LogP) is 1.62. The Morgan fingerprint density at radius 2 is 2.15 bits per heavy atom. The number of pyridine rings is 1. The van der Waals surface area contributed by atoms with Gasteiger partial charge in [-0.2, -0.15) is 0 Å². The summed E-state index contributed by atoms with van der Waals surface area (Å²) in [5, 5.41) is 12.2. The largest absolute Gasteiger partial charge is 0.308 e. The topological polar surface area (TPSA) is 106 Å². The van der Waals surface area contributed by atoms with Crippen molar-refractivity contribution in [3.63, 3.8) is 0 Å². The fourth-order valence-electron chi connectivity index (χ4n) is 1.81. The Balaban J connectivity index is 2.01. The Bertz CT molecular complexity index is 758. The molecule has 100 valence electrons. The quantitative estimate of drug-likeness (QED) is 0.499. The van der Waals surface area contributed by atoms with Crippen LogP contribution in [0.1, 0.15) is 10.5 Å². The first kappa shape index (κ1) is 12.5. The fourth-order valence-corrected chi connectivity index (χ4v) is 2.25. The molecule has 20 heavy (non-hydrogen) atoms. The zero-order valence-corrected chi connectivity index (χ0v) is 11.0. The highest BCUT2D eigenvalue weighted by atomic mass is 32.1. The molecule has 0 saturated carbocycles. The lowest BCUT2D eigenvalue weighted by Crippen LogP contribution is -2.16. The Labute approximate surface area is 117 Å². The Morgan fingerprint density at radius 3 is 2.90 bits per heavy atom. The maximum atomic E-state index is 12.1. The van der Waals surface area contributed by atoms with Crippen LogP contribution in [0.5, 0.6) is 0 Å². The lowest BCUT2D eigenvalue weighted by molar-refractivity contribution is 0.102. The maximum absolute atomic E-state index is 12.1. The molecule has 0 saturated heterocycles. The number of hydrogen-bond donors (Lipinski definition) is 3. The molecule has 0 fully saturated rings. The third kappa shape index (κ3) is 2.29. The molecule has 2 aromatic heterocycles. The molecule has 3 aromatic rings. The van der Waals surface area contributed by atoms with Crippen molar-refractivity contribution >= 4 is 39.0 Å². The van der Waals surface area contributed by atoms with Gasteiger partial charge < -0.3 is 5.43 Å². The third-order valence-electron chi connectivity index (χ3n) is 2.69. The van der Waals surface area contributed by atoms with E-state index in [-0.39, 0.29) is 11.6 Å². The molecule has 1 amide bonds. The van der Waals surface area contributed by atoms with Crippen molar-refractivity contribution in [2.45, 2.75) is 0 Å². The summed E-state index contributed by atoms with van der Waals surface area (Å²) in [7, 11) is 0. The number of amides is 1. The second-order valence-electron chi connectivity index (χ2n) is 3.92. The van der Waals surface area contributed by atoms with Crippen LogP contribution < -0.4 is 16.6 Å². The number of carbonyl (C=O) groups excluding carboxylic acids is 1. The Kier molecular flexibility index (Phi) is 3.23. The van der Waals surface area contributed by atoms with Gasteiger partial charge in [-0.25, -0.2) is 10.8 Å². The predicted molar refractivity (Wildman–Crippen MR) is 77.4 cm³/mol. The van der Waals surface area contributed by atoms with E-state index in [0.29, 0.717) is 10.9 Å². The van der Waals surface area contributed by atoms with Crippen LogP contribution in [0.15, 0.2) is 35.8 Å². The molecule has 2 heterocycles. The van der Waals surface area contributed by atoms with Crippen LogP contribution in [0.4, 0.5) is 10.9 Å². The molecule has 0 spiro atoms. The molecule has 0 radical (unpaired) electrons. The Morgan fingerprint density at radius 1 is 1.30 bits per heavy atom. The highest BCUT2D eigenvalue weighted by molar-refractivity contribution is 7.13. The molecule has 8 heteroatoms. The number of hydrogen-bond acceptors (Lipinski definition) is 7. The average Bonchev–Trinajstić information content (AvgIpc) is 2.99. The summed E-state index contributed by atoms with van der Waals surface area (Å²) in [6.45, 7) is 0. The van der Waals surface area contributed by atoms with Crippen LogP contribution in [0, 0.1) is 0 Å². The smallest absolute Gasteiger partial charge is 0.276 e. The van der Waals surface area contributed by atoms with Gasteiger partial charge in [0.05, 0.1) is 0 Å². The van der Waals surface area contributed by atoms with Gasteiger partial charge in [0.15, 0.2) is 0 Å². The van der Waals surface area contributed by atoms with Crippen LogP contribution in [0.25, 0.3) is 10.8 Å². The fraction of sp³-hybridized carbons (Fsp3) is 0. The molecule has 0 unspecified atom stereocenters. The first-order chi connectivity index (χ1) is 9.78. The van der Waals surface area contributed by atoms with Gasteiger partial charge >= 0.3 is 0 Å². The number of benzene rings is 1. The molecule has 0 aliphatic rings. The SMILES string of the molecule is NNc1nc(C(=O)Nc2nncs2)cc2ccccc12. The number of anilines is 2. The third-order valence-corrected chi connectivity index (χ3v) is 3.30. The van der Waals surface area contributed by atoms with E-state index in [0.717, 1.165) is 10.8 Å². The lowest BCUT2D eigenvalue weighted by atomic mass is 10.1. The number of nitrogens with one attached hydrogen (secondary N) is 2. The van der Waals surface area contributed by atoms with Gasteiger partial charge in [0.1, 0.15) is 17.0 Å². The first-order valence-corrected chi connectivity index (χ1v) is 6.60. The monoisotopic (exact) mass is 286 g/mol. The standard InChI is InChI=1S/C12H10N6OS/c13-17-10-8-4-2-1-3-7(8)5-9(15-10)11(19)16-12-18-14-6-20-12/h1-6H,13H2,(H,15,17)(H,16,18,19). The summed E-state index contributed by atoms with van der Waals surface area (Å²) in [6, 6.07) is 9.23. The summed E-state index contributed by atoms with van der Waals surface area (Å²) < 4.78 is 0. The van der Waals surface area contributed by atoms with Crippen molar-refractivity contribution < 1.29 is 4.79 Å². The molecule has 0 aliphatic carbocycles. The maximum Gasteiger partial charge on any atom is 0.276 e. The van der Waals surface area contributed by atoms with Crippen LogP contribution in [0.3, 0.4) is 0 Å². The molecule has 0 bridgehead atoms. The molecule has 0 aliphatic heterocycles. The molecule has 3 rings (SSSR count). The van der Waals surface area contributed by atoms with E-state index >= 15 is 0 Å². The average molecular weight is 286 g/mol. The molecule has 1 aromatic carbocycles. The minimum atomic E-state index is -0.357. The number of nitrogen functional groups attached to an aromatic ring is 1. The minimum absolute atomic E-state index is 0.256. The van der Waals surface area contributed by atoms with E-state index in [1.54, 1.807) is 6.07 Å². The summed E-state index contributed by atoms with van der Waals surface area (Å²) in [4.78, 5) is 16.3. The minimum Gasteiger partial charge on any atom is -0.308 e. The summed E-state index contributed by atoms with van der Waals surface area (Å²) in [6.07, 6.45) is 0. The van der Waals surface area contributed by atoms with E-state index in [9.17, 15) is 4.79 Å². The number of nitrogens with zero attached hydrogens (tertiary/aromatic N) is 3. The van der Waals surface area contributed by atoms with Crippen LogP contribution in [-0.2, 0) is 0 Å². The number of carbonyl (C=O) groups is 1. The van der Waals surface area contributed by atoms with Gasteiger partial charge in [-0.05, 0) is 11.5 Å². The second-order valence-corrected chi connectivity index (χ2v) is 4.75. The number of rotatable bonds is 3. The van der Waals surface area contributed by atoms with Gasteiger partial charge in [-0.1, -0.05) is 35.6 Å². The molecular formula is C12H10N6OS. The van der Waals surface area contributed by atoms with E-state index < -0.39 is 0 Å². The molecule has 7 nitrogen and oxygen atoms in total. The van der Waals surface area contributed by atoms with Crippen molar-refractivity contribution in [3.05, 3.63) is 41.5 Å². The highest BCUT2D eigenvalue weighted by Crippen LogP contribution is 2.22. The zero-order chi connectivity index (χ0) is 13.9. The second kappa shape index (κ2) is 5.19. The number of nitrogens with two attached hydrogens (primary N) is 1. The number of aromatic nitrogens is 3. The van der Waals surface area contributed by atoms with Crippen LogP contribution in [0.2, 0.25) is 0 Å². The van der Waals surface area contributed by atoms with Crippen molar-refractivity contribution in [1.82, 2.24) is 15.2 Å².